The minimum atomic E-state index is -0.630. The van der Waals surface area contributed by atoms with Gasteiger partial charge in [0, 0.05) is 24.5 Å². The van der Waals surface area contributed by atoms with Crippen molar-refractivity contribution in [3.05, 3.63) is 48.5 Å². The van der Waals surface area contributed by atoms with Gasteiger partial charge in [-0.25, -0.2) is 4.98 Å². The molecular weight excluding hydrogens is 368 g/mol. The second-order valence-corrected chi connectivity index (χ2v) is 8.00. The number of carbonyl (C=O) groups is 1. The van der Waals surface area contributed by atoms with Crippen molar-refractivity contribution in [1.29, 1.82) is 0 Å². The van der Waals surface area contributed by atoms with Crippen molar-refractivity contribution in [2.24, 2.45) is 0 Å². The molecule has 29 heavy (non-hydrogen) atoms. The van der Waals surface area contributed by atoms with Crippen molar-refractivity contribution in [2.45, 2.75) is 50.3 Å². The fraction of sp³-hybridized carbons (Fsp3) is 0.545. The molecule has 7 heteroatoms. The van der Waals surface area contributed by atoms with E-state index in [1.165, 1.54) is 12.8 Å². The summed E-state index contributed by atoms with van der Waals surface area (Å²) in [7, 11) is 0. The third-order valence-corrected chi connectivity index (χ3v) is 6.04. The third-order valence-electron chi connectivity index (χ3n) is 6.04. The van der Waals surface area contributed by atoms with Crippen LogP contribution in [0.3, 0.4) is 0 Å². The third kappa shape index (κ3) is 4.97. The molecule has 0 unspecified atom stereocenters. The number of likely N-dealkylation sites (tertiary alicyclic amines) is 1. The summed E-state index contributed by atoms with van der Waals surface area (Å²) in [6.07, 6.45) is 9.84. The summed E-state index contributed by atoms with van der Waals surface area (Å²) in [6.45, 7) is 3.93. The molecule has 2 heterocycles. The Morgan fingerprint density at radius 2 is 1.97 bits per heavy atom. The summed E-state index contributed by atoms with van der Waals surface area (Å²) >= 11 is 0. The Morgan fingerprint density at radius 3 is 2.69 bits per heavy atom. The molecule has 2 aromatic rings. The van der Waals surface area contributed by atoms with Crippen molar-refractivity contribution >= 4 is 5.91 Å². The lowest BCUT2D eigenvalue weighted by Crippen LogP contribution is -2.49. The summed E-state index contributed by atoms with van der Waals surface area (Å²) in [5.41, 5.74) is 0.578. The first kappa shape index (κ1) is 19.9. The highest BCUT2D eigenvalue weighted by atomic mass is 16.5. The average Bonchev–Trinajstić information content (AvgIpc) is 3.44. The van der Waals surface area contributed by atoms with Crippen LogP contribution in [0.5, 0.6) is 5.75 Å². The molecule has 2 fully saturated rings. The van der Waals surface area contributed by atoms with Gasteiger partial charge in [0.1, 0.15) is 12.4 Å². The zero-order valence-corrected chi connectivity index (χ0v) is 16.7. The van der Waals surface area contributed by atoms with E-state index in [0.29, 0.717) is 12.2 Å². The lowest BCUT2D eigenvalue weighted by molar-refractivity contribution is 0.0399. The number of nitrogens with one attached hydrogen (secondary N) is 1. The molecule has 3 atom stereocenters. The van der Waals surface area contributed by atoms with E-state index in [1.807, 2.05) is 22.9 Å². The van der Waals surface area contributed by atoms with Crippen molar-refractivity contribution < 1.29 is 14.6 Å². The molecule has 1 aromatic heterocycles. The largest absolute Gasteiger partial charge is 0.492 e. The van der Waals surface area contributed by atoms with Gasteiger partial charge in [0.2, 0.25) is 0 Å². The lowest BCUT2D eigenvalue weighted by atomic mass is 9.87. The van der Waals surface area contributed by atoms with Crippen molar-refractivity contribution in [2.75, 3.05) is 26.2 Å². The van der Waals surface area contributed by atoms with Gasteiger partial charge in [-0.1, -0.05) is 0 Å². The first-order valence-electron chi connectivity index (χ1n) is 10.6. The van der Waals surface area contributed by atoms with Crippen LogP contribution in [0.15, 0.2) is 43.0 Å². The van der Waals surface area contributed by atoms with Crippen LogP contribution in [0.2, 0.25) is 0 Å². The highest BCUT2D eigenvalue weighted by Crippen LogP contribution is 2.29. The van der Waals surface area contributed by atoms with Gasteiger partial charge >= 0.3 is 0 Å². The second kappa shape index (κ2) is 9.41. The number of aromatic nitrogens is 2. The number of hydrogen-bond donors (Lipinski definition) is 2. The zero-order valence-electron chi connectivity index (χ0n) is 16.7. The van der Waals surface area contributed by atoms with Gasteiger partial charge in [-0.2, -0.15) is 0 Å². The predicted octanol–water partition coefficient (Wildman–Crippen LogP) is 2.24. The molecule has 156 valence electrons. The smallest absolute Gasteiger partial charge is 0.251 e. The summed E-state index contributed by atoms with van der Waals surface area (Å²) in [5.74, 6) is 0.613. The van der Waals surface area contributed by atoms with E-state index >= 15 is 0 Å². The maximum atomic E-state index is 12.7. The molecule has 1 saturated carbocycles. The molecule has 1 saturated heterocycles. The number of ether oxygens (including phenoxy) is 1. The number of benzene rings is 1. The van der Waals surface area contributed by atoms with Crippen LogP contribution in [0.1, 0.15) is 48.5 Å². The molecule has 1 aliphatic carbocycles. The number of carbonyl (C=O) groups excluding carboxylic acids is 1. The van der Waals surface area contributed by atoms with E-state index in [0.717, 1.165) is 44.6 Å². The Morgan fingerprint density at radius 1 is 1.17 bits per heavy atom. The van der Waals surface area contributed by atoms with Crippen molar-refractivity contribution in [3.63, 3.8) is 0 Å². The molecule has 1 aliphatic heterocycles. The van der Waals surface area contributed by atoms with Gasteiger partial charge in [0.05, 0.1) is 24.5 Å². The molecule has 0 spiro atoms. The number of aliphatic hydroxyl groups excluding tert-OH is 1. The van der Waals surface area contributed by atoms with E-state index in [2.05, 4.69) is 15.2 Å². The van der Waals surface area contributed by atoms with Crippen LogP contribution < -0.4 is 10.1 Å². The number of amides is 1. The number of aliphatic hydroxyl groups is 1. The molecule has 1 amide bonds. The Labute approximate surface area is 171 Å². The number of imidazole rings is 1. The molecule has 4 rings (SSSR count). The lowest BCUT2D eigenvalue weighted by Gasteiger charge is -2.35. The zero-order chi connectivity index (χ0) is 20.1. The highest BCUT2D eigenvalue weighted by molar-refractivity contribution is 5.94. The van der Waals surface area contributed by atoms with Gasteiger partial charge < -0.3 is 19.7 Å². The van der Waals surface area contributed by atoms with Crippen LogP contribution in [0.4, 0.5) is 0 Å². The summed E-state index contributed by atoms with van der Waals surface area (Å²) < 4.78 is 7.73. The van der Waals surface area contributed by atoms with E-state index in [4.69, 9.17) is 4.74 Å². The fourth-order valence-electron chi connectivity index (χ4n) is 4.36. The number of nitrogens with zero attached hydrogens (tertiary/aromatic N) is 3. The summed E-state index contributed by atoms with van der Waals surface area (Å²) in [6, 6.07) is 6.92. The maximum absolute atomic E-state index is 12.7. The SMILES string of the molecule is O=C(N[C@@H]1CCC[C@@H](n2ccnc2)[C@@H]1O)c1ccc(OCCN2CCCC2)cc1. The predicted molar refractivity (Wildman–Crippen MR) is 110 cm³/mol. The fourth-order valence-corrected chi connectivity index (χ4v) is 4.36. The van der Waals surface area contributed by atoms with Crippen LogP contribution in [-0.2, 0) is 0 Å². The molecular formula is C22H30N4O3. The monoisotopic (exact) mass is 398 g/mol. The average molecular weight is 399 g/mol. The minimum Gasteiger partial charge on any atom is -0.492 e. The molecule has 1 aromatic carbocycles. The molecule has 2 aliphatic rings. The van der Waals surface area contributed by atoms with Gasteiger partial charge in [0.15, 0.2) is 0 Å². The van der Waals surface area contributed by atoms with Crippen LogP contribution in [-0.4, -0.2) is 63.9 Å². The Bertz CT molecular complexity index is 772. The Balaban J connectivity index is 1.28. The van der Waals surface area contributed by atoms with Gasteiger partial charge in [-0.15, -0.1) is 0 Å². The standard InChI is InChI=1S/C22H30N4O3/c27-21-19(4-3-5-20(21)26-13-10-23-16-26)24-22(28)17-6-8-18(9-7-17)29-15-14-25-11-1-2-12-25/h6-10,13,16,19-21,27H,1-5,11-12,14-15H2,(H,24,28)/t19-,20-,21-/m1/s1. The highest BCUT2D eigenvalue weighted by Gasteiger charge is 2.33. The van der Waals surface area contributed by atoms with E-state index in [-0.39, 0.29) is 18.0 Å². The molecule has 7 nitrogen and oxygen atoms in total. The first-order valence-corrected chi connectivity index (χ1v) is 10.6. The van der Waals surface area contributed by atoms with Crippen LogP contribution >= 0.6 is 0 Å². The van der Waals surface area contributed by atoms with Crippen molar-refractivity contribution in [3.8, 4) is 5.75 Å². The topological polar surface area (TPSA) is 79.6 Å². The van der Waals surface area contributed by atoms with Gasteiger partial charge in [-0.3, -0.25) is 9.69 Å². The van der Waals surface area contributed by atoms with Crippen LogP contribution in [0.25, 0.3) is 0 Å². The number of rotatable bonds is 7. The first-order chi connectivity index (χ1) is 14.2. The Hall–Kier alpha value is -2.38. The van der Waals surface area contributed by atoms with Gasteiger partial charge in [0.25, 0.3) is 5.91 Å². The van der Waals surface area contributed by atoms with E-state index < -0.39 is 6.10 Å². The van der Waals surface area contributed by atoms with Gasteiger partial charge in [-0.05, 0) is 69.5 Å². The molecule has 2 N–H and O–H groups in total. The molecule has 0 radical (unpaired) electrons. The van der Waals surface area contributed by atoms with Crippen LogP contribution in [0, 0.1) is 0 Å². The summed E-state index contributed by atoms with van der Waals surface area (Å²) in [5, 5.41) is 13.7. The minimum absolute atomic E-state index is 0.0528. The Kier molecular flexibility index (Phi) is 6.46. The quantitative estimate of drug-likeness (QED) is 0.748. The maximum Gasteiger partial charge on any atom is 0.251 e. The second-order valence-electron chi connectivity index (χ2n) is 8.00. The van der Waals surface area contributed by atoms with E-state index in [9.17, 15) is 9.90 Å². The molecule has 0 bridgehead atoms. The number of hydrogen-bond acceptors (Lipinski definition) is 5. The normalized spacial score (nSPS) is 25.1. The van der Waals surface area contributed by atoms with Crippen molar-refractivity contribution in [1.82, 2.24) is 19.8 Å². The summed E-state index contributed by atoms with van der Waals surface area (Å²) in [4.78, 5) is 19.1. The van der Waals surface area contributed by atoms with E-state index in [1.54, 1.807) is 24.7 Å².